The van der Waals surface area contributed by atoms with E-state index >= 15 is 0 Å². The molecule has 1 aliphatic rings. The smallest absolute Gasteiger partial charge is 0.411 e. The fraction of sp³-hybridized carbons (Fsp3) is 0.524. The van der Waals surface area contributed by atoms with Crippen molar-refractivity contribution < 1.29 is 24.2 Å². The number of hydrogen-bond donors (Lipinski definition) is 1. The van der Waals surface area contributed by atoms with Gasteiger partial charge < -0.3 is 14.6 Å². The molecule has 1 aliphatic heterocycles. The van der Waals surface area contributed by atoms with E-state index in [0.717, 1.165) is 5.56 Å². The van der Waals surface area contributed by atoms with Crippen molar-refractivity contribution in [2.24, 2.45) is 5.92 Å². The molecule has 0 spiro atoms. The first-order valence-electron chi connectivity index (χ1n) is 9.17. The zero-order chi connectivity index (χ0) is 20.1. The van der Waals surface area contributed by atoms with Crippen LogP contribution in [0.4, 0.5) is 4.79 Å². The highest BCUT2D eigenvalue weighted by molar-refractivity contribution is 5.86. The molecule has 6 heteroatoms. The summed E-state index contributed by atoms with van der Waals surface area (Å²) in [4.78, 5) is 26.4. The summed E-state index contributed by atoms with van der Waals surface area (Å²) in [6.07, 6.45) is 2.12. The number of rotatable bonds is 7. The zero-order valence-corrected chi connectivity index (χ0v) is 16.3. The number of carbonyl (C=O) groups excluding carboxylic acids is 1. The summed E-state index contributed by atoms with van der Waals surface area (Å²) in [5.74, 6) is -1.36. The third-order valence-corrected chi connectivity index (χ3v) is 4.73. The number of allylic oxidation sites excluding steroid dienone is 1. The maximum Gasteiger partial charge on any atom is 0.411 e. The second kappa shape index (κ2) is 8.57. The summed E-state index contributed by atoms with van der Waals surface area (Å²) in [5.41, 5.74) is -1.23. The number of nitrogens with zero attached hydrogens (tertiary/aromatic N) is 1. The van der Waals surface area contributed by atoms with Gasteiger partial charge in [0.2, 0.25) is 0 Å². The second-order valence-electron chi connectivity index (χ2n) is 7.85. The van der Waals surface area contributed by atoms with Gasteiger partial charge >= 0.3 is 12.1 Å². The largest absolute Gasteiger partial charge is 0.479 e. The Morgan fingerprint density at radius 1 is 1.33 bits per heavy atom. The molecule has 1 N–H and O–H groups in total. The number of benzene rings is 1. The molecule has 6 nitrogen and oxygen atoms in total. The first kappa shape index (κ1) is 21.0. The first-order chi connectivity index (χ1) is 12.7. The highest BCUT2D eigenvalue weighted by atomic mass is 16.6. The molecule has 0 aliphatic carbocycles. The molecule has 2 atom stereocenters. The minimum absolute atomic E-state index is 0.102. The monoisotopic (exact) mass is 375 g/mol. The van der Waals surface area contributed by atoms with Crippen LogP contribution in [0.5, 0.6) is 0 Å². The number of carbonyl (C=O) groups is 2. The SMILES string of the molecule is C=CC[C@@H]1CCN(C(=O)OC(C)(C)C)[C@]1(COCc1ccccc1)C(=O)O. The zero-order valence-electron chi connectivity index (χ0n) is 16.3. The van der Waals surface area contributed by atoms with Crippen molar-refractivity contribution in [2.45, 2.75) is 51.4 Å². The van der Waals surface area contributed by atoms with Crippen LogP contribution in [0.1, 0.15) is 39.2 Å². The minimum Gasteiger partial charge on any atom is -0.479 e. The van der Waals surface area contributed by atoms with Crippen LogP contribution in [0.15, 0.2) is 43.0 Å². The van der Waals surface area contributed by atoms with E-state index in [4.69, 9.17) is 9.47 Å². The molecular weight excluding hydrogens is 346 g/mol. The Kier molecular flexibility index (Phi) is 6.65. The lowest BCUT2D eigenvalue weighted by atomic mass is 9.83. The van der Waals surface area contributed by atoms with Crippen LogP contribution in [0.2, 0.25) is 0 Å². The van der Waals surface area contributed by atoms with Crippen LogP contribution >= 0.6 is 0 Å². The Labute approximate surface area is 160 Å². The molecular formula is C21H29NO5. The van der Waals surface area contributed by atoms with E-state index in [9.17, 15) is 14.7 Å². The molecule has 2 rings (SSSR count). The fourth-order valence-corrected chi connectivity index (χ4v) is 3.48. The van der Waals surface area contributed by atoms with Gasteiger partial charge in [-0.15, -0.1) is 6.58 Å². The minimum atomic E-state index is -1.47. The molecule has 1 fully saturated rings. The van der Waals surface area contributed by atoms with Gasteiger partial charge in [0.15, 0.2) is 5.54 Å². The van der Waals surface area contributed by atoms with E-state index in [1.165, 1.54) is 4.90 Å². The number of aliphatic carboxylic acids is 1. The van der Waals surface area contributed by atoms with Gasteiger partial charge in [0.1, 0.15) is 5.60 Å². The number of carboxylic acid groups (broad SMARTS) is 1. The molecule has 0 unspecified atom stereocenters. The Balaban J connectivity index is 2.24. The second-order valence-corrected chi connectivity index (χ2v) is 7.85. The molecule has 0 aromatic heterocycles. The molecule has 0 radical (unpaired) electrons. The highest BCUT2D eigenvalue weighted by Crippen LogP contribution is 2.39. The van der Waals surface area contributed by atoms with Crippen LogP contribution in [-0.2, 0) is 20.9 Å². The van der Waals surface area contributed by atoms with Gasteiger partial charge in [0, 0.05) is 12.5 Å². The Morgan fingerprint density at radius 2 is 2.00 bits per heavy atom. The maximum absolute atomic E-state index is 12.7. The van der Waals surface area contributed by atoms with E-state index in [1.54, 1.807) is 26.8 Å². The standard InChI is InChI=1S/C21H29NO5/c1-5-9-17-12-13-22(19(25)27-20(2,3)4)21(17,18(23)24)15-26-14-16-10-7-6-8-11-16/h5-8,10-11,17H,1,9,12-15H2,2-4H3,(H,23,24)/t17-,21+/m1/s1. The molecule has 148 valence electrons. The third-order valence-electron chi connectivity index (χ3n) is 4.73. The lowest BCUT2D eigenvalue weighted by Crippen LogP contribution is -2.60. The quantitative estimate of drug-likeness (QED) is 0.733. The summed E-state index contributed by atoms with van der Waals surface area (Å²) in [7, 11) is 0. The highest BCUT2D eigenvalue weighted by Gasteiger charge is 2.57. The van der Waals surface area contributed by atoms with Gasteiger partial charge in [-0.05, 0) is 39.2 Å². The molecule has 1 saturated heterocycles. The first-order valence-corrected chi connectivity index (χ1v) is 9.17. The lowest BCUT2D eigenvalue weighted by Gasteiger charge is -2.38. The van der Waals surface area contributed by atoms with Crippen molar-refractivity contribution >= 4 is 12.1 Å². The van der Waals surface area contributed by atoms with Crippen LogP contribution in [0, 0.1) is 5.92 Å². The average molecular weight is 375 g/mol. The van der Waals surface area contributed by atoms with Gasteiger partial charge in [-0.3, -0.25) is 4.90 Å². The van der Waals surface area contributed by atoms with Crippen molar-refractivity contribution in [3.8, 4) is 0 Å². The summed E-state index contributed by atoms with van der Waals surface area (Å²) in [6, 6.07) is 9.52. The average Bonchev–Trinajstić information content (AvgIpc) is 2.94. The Bertz CT molecular complexity index is 667. The third kappa shape index (κ3) is 4.89. The van der Waals surface area contributed by atoms with E-state index in [0.29, 0.717) is 19.4 Å². The summed E-state index contributed by atoms with van der Waals surface area (Å²) < 4.78 is 11.3. The van der Waals surface area contributed by atoms with Gasteiger partial charge in [-0.1, -0.05) is 36.4 Å². The van der Waals surface area contributed by atoms with Crippen molar-refractivity contribution in [3.63, 3.8) is 0 Å². The van der Waals surface area contributed by atoms with Crippen LogP contribution in [0.3, 0.4) is 0 Å². The molecule has 0 bridgehead atoms. The molecule has 1 heterocycles. The van der Waals surface area contributed by atoms with Crippen LogP contribution in [0.25, 0.3) is 0 Å². The molecule has 0 saturated carbocycles. The molecule has 1 amide bonds. The van der Waals surface area contributed by atoms with Gasteiger partial charge in [0.05, 0.1) is 13.2 Å². The van der Waals surface area contributed by atoms with Crippen molar-refractivity contribution in [1.82, 2.24) is 4.90 Å². The number of hydrogen-bond acceptors (Lipinski definition) is 4. The topological polar surface area (TPSA) is 76.1 Å². The van der Waals surface area contributed by atoms with E-state index < -0.39 is 23.2 Å². The number of likely N-dealkylation sites (tertiary alicyclic amines) is 1. The summed E-state index contributed by atoms with van der Waals surface area (Å²) >= 11 is 0. The van der Waals surface area contributed by atoms with Gasteiger partial charge in [-0.25, -0.2) is 9.59 Å². The van der Waals surface area contributed by atoms with E-state index in [2.05, 4.69) is 6.58 Å². The number of carboxylic acids is 1. The van der Waals surface area contributed by atoms with Crippen LogP contribution < -0.4 is 0 Å². The van der Waals surface area contributed by atoms with Crippen molar-refractivity contribution in [1.29, 1.82) is 0 Å². The predicted molar refractivity (Wildman–Crippen MR) is 102 cm³/mol. The normalized spacial score (nSPS) is 22.5. The van der Waals surface area contributed by atoms with E-state index in [1.807, 2.05) is 30.3 Å². The summed E-state index contributed by atoms with van der Waals surface area (Å²) in [5, 5.41) is 10.1. The maximum atomic E-state index is 12.7. The van der Waals surface area contributed by atoms with Crippen LogP contribution in [-0.4, -0.2) is 46.4 Å². The Morgan fingerprint density at radius 3 is 2.56 bits per heavy atom. The summed E-state index contributed by atoms with van der Waals surface area (Å²) in [6.45, 7) is 9.51. The Hall–Kier alpha value is -2.34. The van der Waals surface area contributed by atoms with Crippen molar-refractivity contribution in [2.75, 3.05) is 13.2 Å². The molecule has 1 aromatic carbocycles. The van der Waals surface area contributed by atoms with Crippen molar-refractivity contribution in [3.05, 3.63) is 48.6 Å². The van der Waals surface area contributed by atoms with E-state index in [-0.39, 0.29) is 19.1 Å². The number of ether oxygens (including phenoxy) is 2. The fourth-order valence-electron chi connectivity index (χ4n) is 3.48. The predicted octanol–water partition coefficient (Wildman–Crippen LogP) is 3.86. The molecule has 27 heavy (non-hydrogen) atoms. The van der Waals surface area contributed by atoms with Gasteiger partial charge in [0.25, 0.3) is 0 Å². The lowest BCUT2D eigenvalue weighted by molar-refractivity contribution is -0.157. The van der Waals surface area contributed by atoms with Gasteiger partial charge in [-0.2, -0.15) is 0 Å². The number of amides is 1. The molecule has 1 aromatic rings.